The molecule has 0 saturated carbocycles. The molecule has 1 fully saturated rings. The normalized spacial score (nSPS) is 19.2. The molecule has 0 bridgehead atoms. The number of hydrogen-bond donors (Lipinski definition) is 1. The van der Waals surface area contributed by atoms with Crippen molar-refractivity contribution in [3.05, 3.63) is 64.7 Å². The molecule has 1 heterocycles. The molecule has 1 aliphatic heterocycles. The fourth-order valence-corrected chi connectivity index (χ4v) is 4.93. The molecule has 4 rings (SSSR count). The Hall–Kier alpha value is -2.84. The number of amides is 1. The molecule has 1 N–H and O–H groups in total. The van der Waals surface area contributed by atoms with E-state index in [1.807, 2.05) is 0 Å². The lowest BCUT2D eigenvalue weighted by Crippen LogP contribution is -2.42. The summed E-state index contributed by atoms with van der Waals surface area (Å²) >= 11 is 0. The largest absolute Gasteiger partial charge is 0.325 e. The lowest BCUT2D eigenvalue weighted by molar-refractivity contribution is -0.119. The summed E-state index contributed by atoms with van der Waals surface area (Å²) in [5.41, 5.74) is 1.58. The van der Waals surface area contributed by atoms with Gasteiger partial charge in [-0.2, -0.15) is 4.31 Å². The van der Waals surface area contributed by atoms with Gasteiger partial charge in [-0.1, -0.05) is 24.3 Å². The van der Waals surface area contributed by atoms with Crippen molar-refractivity contribution in [3.8, 4) is 0 Å². The molecule has 2 aromatic rings. The van der Waals surface area contributed by atoms with E-state index in [0.29, 0.717) is 41.8 Å². The monoisotopic (exact) mass is 398 g/mol. The van der Waals surface area contributed by atoms with Gasteiger partial charge in [0, 0.05) is 34.5 Å². The Morgan fingerprint density at radius 1 is 1.00 bits per heavy atom. The Bertz CT molecular complexity index is 1120. The zero-order chi connectivity index (χ0) is 20.1. The minimum Gasteiger partial charge on any atom is -0.325 e. The number of fused-ring (bicyclic) bond motifs is 2. The lowest BCUT2D eigenvalue weighted by atomic mass is 9.84. The minimum absolute atomic E-state index is 0.230. The van der Waals surface area contributed by atoms with Gasteiger partial charge in [-0.05, 0) is 31.0 Å². The number of anilines is 1. The van der Waals surface area contributed by atoms with Crippen molar-refractivity contribution in [1.29, 1.82) is 0 Å². The van der Waals surface area contributed by atoms with Crippen LogP contribution in [-0.4, -0.2) is 49.0 Å². The van der Waals surface area contributed by atoms with Gasteiger partial charge in [0.2, 0.25) is 15.9 Å². The highest BCUT2D eigenvalue weighted by molar-refractivity contribution is 7.88. The standard InChI is InChI=1S/C20H18N2O5S/c1-28(26,27)22-10-4-7-17(22)20(25)21-12-8-9-15-16(11-12)19(24)14-6-3-2-5-13(14)18(15)23/h2-3,5-6,8-9,11,17H,4,7,10H2,1H3,(H,21,25). The van der Waals surface area contributed by atoms with Crippen LogP contribution in [0.3, 0.4) is 0 Å². The number of ketones is 2. The number of sulfonamides is 1. The highest BCUT2D eigenvalue weighted by Gasteiger charge is 2.36. The lowest BCUT2D eigenvalue weighted by Gasteiger charge is -2.22. The summed E-state index contributed by atoms with van der Waals surface area (Å²) in [6, 6.07) is 10.4. The Kier molecular flexibility index (Phi) is 4.40. The first-order chi connectivity index (χ1) is 13.3. The van der Waals surface area contributed by atoms with Crippen molar-refractivity contribution in [3.63, 3.8) is 0 Å². The number of carbonyl (C=O) groups is 3. The number of carbonyl (C=O) groups excluding carboxylic acids is 3. The molecular formula is C20H18N2O5S. The molecule has 7 nitrogen and oxygen atoms in total. The molecule has 144 valence electrons. The van der Waals surface area contributed by atoms with Gasteiger partial charge in [0.1, 0.15) is 6.04 Å². The third kappa shape index (κ3) is 3.04. The van der Waals surface area contributed by atoms with E-state index in [1.54, 1.807) is 30.3 Å². The van der Waals surface area contributed by atoms with E-state index in [2.05, 4.69) is 5.32 Å². The summed E-state index contributed by atoms with van der Waals surface area (Å²) in [5.74, 6) is -0.958. The maximum absolute atomic E-state index is 12.8. The van der Waals surface area contributed by atoms with E-state index in [4.69, 9.17) is 0 Å². The summed E-state index contributed by atoms with van der Waals surface area (Å²) in [6.45, 7) is 0.310. The first-order valence-corrected chi connectivity index (χ1v) is 10.7. The van der Waals surface area contributed by atoms with E-state index >= 15 is 0 Å². The van der Waals surface area contributed by atoms with Gasteiger partial charge in [-0.15, -0.1) is 0 Å². The van der Waals surface area contributed by atoms with E-state index in [9.17, 15) is 22.8 Å². The second-order valence-corrected chi connectivity index (χ2v) is 8.92. The number of hydrogen-bond acceptors (Lipinski definition) is 5. The number of nitrogens with zero attached hydrogens (tertiary/aromatic N) is 1. The summed E-state index contributed by atoms with van der Waals surface area (Å²) in [4.78, 5) is 38.0. The van der Waals surface area contributed by atoms with E-state index in [-0.39, 0.29) is 17.1 Å². The summed E-state index contributed by atoms with van der Waals surface area (Å²) in [6.07, 6.45) is 2.13. The molecule has 0 spiro atoms. The zero-order valence-corrected chi connectivity index (χ0v) is 16.0. The van der Waals surface area contributed by atoms with Crippen LogP contribution in [0.25, 0.3) is 0 Å². The molecule has 0 aromatic heterocycles. The Morgan fingerprint density at radius 2 is 1.61 bits per heavy atom. The SMILES string of the molecule is CS(=O)(=O)N1CCCC1C(=O)Nc1ccc2c(c1)C(=O)c1ccccc1C2=O. The molecule has 8 heteroatoms. The van der Waals surface area contributed by atoms with Crippen LogP contribution in [0.15, 0.2) is 42.5 Å². The average Bonchev–Trinajstić information content (AvgIpc) is 3.17. The molecule has 1 saturated heterocycles. The molecule has 1 amide bonds. The highest BCUT2D eigenvalue weighted by atomic mass is 32.2. The Labute approximate surface area is 162 Å². The topological polar surface area (TPSA) is 101 Å². The molecule has 1 unspecified atom stereocenters. The van der Waals surface area contributed by atoms with Crippen LogP contribution in [0.5, 0.6) is 0 Å². The van der Waals surface area contributed by atoms with Crippen molar-refractivity contribution in [1.82, 2.24) is 4.31 Å². The van der Waals surface area contributed by atoms with Crippen molar-refractivity contribution in [2.75, 3.05) is 18.1 Å². The van der Waals surface area contributed by atoms with Gasteiger partial charge in [-0.25, -0.2) is 8.42 Å². The van der Waals surface area contributed by atoms with Gasteiger partial charge in [-0.3, -0.25) is 14.4 Å². The number of benzene rings is 2. The van der Waals surface area contributed by atoms with Gasteiger partial charge in [0.15, 0.2) is 11.6 Å². The molecule has 2 aliphatic rings. The quantitative estimate of drug-likeness (QED) is 0.725. The van der Waals surface area contributed by atoms with Crippen LogP contribution in [-0.2, 0) is 14.8 Å². The fraction of sp³-hybridized carbons (Fsp3) is 0.250. The predicted octanol–water partition coefficient (Wildman–Crippen LogP) is 1.82. The molecule has 1 aliphatic carbocycles. The number of rotatable bonds is 3. The molecule has 0 radical (unpaired) electrons. The third-order valence-electron chi connectivity index (χ3n) is 5.12. The smallest absolute Gasteiger partial charge is 0.242 e. The van der Waals surface area contributed by atoms with Crippen LogP contribution in [0, 0.1) is 0 Å². The molecule has 2 aromatic carbocycles. The predicted molar refractivity (Wildman–Crippen MR) is 103 cm³/mol. The average molecular weight is 398 g/mol. The fourth-order valence-electron chi connectivity index (χ4n) is 3.80. The van der Waals surface area contributed by atoms with Crippen LogP contribution in [0.1, 0.15) is 44.7 Å². The van der Waals surface area contributed by atoms with Crippen molar-refractivity contribution in [2.45, 2.75) is 18.9 Å². The highest BCUT2D eigenvalue weighted by Crippen LogP contribution is 2.29. The Morgan fingerprint density at radius 3 is 2.25 bits per heavy atom. The summed E-state index contributed by atoms with van der Waals surface area (Å²) in [5, 5.41) is 2.69. The van der Waals surface area contributed by atoms with Crippen LogP contribution in [0.2, 0.25) is 0 Å². The van der Waals surface area contributed by atoms with Crippen molar-refractivity contribution < 1.29 is 22.8 Å². The van der Waals surface area contributed by atoms with Gasteiger partial charge in [0.25, 0.3) is 0 Å². The van der Waals surface area contributed by atoms with Gasteiger partial charge < -0.3 is 5.32 Å². The summed E-state index contributed by atoms with van der Waals surface area (Å²) < 4.78 is 24.9. The first kappa shape index (κ1) is 18.5. The zero-order valence-electron chi connectivity index (χ0n) is 15.1. The van der Waals surface area contributed by atoms with Crippen LogP contribution >= 0.6 is 0 Å². The molecular weight excluding hydrogens is 380 g/mol. The van der Waals surface area contributed by atoms with Crippen LogP contribution in [0.4, 0.5) is 5.69 Å². The number of nitrogens with one attached hydrogen (secondary N) is 1. The van der Waals surface area contributed by atoms with E-state index in [1.165, 1.54) is 16.4 Å². The Balaban J connectivity index is 1.62. The van der Waals surface area contributed by atoms with E-state index in [0.717, 1.165) is 6.26 Å². The van der Waals surface area contributed by atoms with Crippen molar-refractivity contribution >= 4 is 33.2 Å². The maximum Gasteiger partial charge on any atom is 0.242 e. The second kappa shape index (κ2) is 6.65. The second-order valence-electron chi connectivity index (χ2n) is 6.99. The molecule has 28 heavy (non-hydrogen) atoms. The summed E-state index contributed by atoms with van der Waals surface area (Å²) in [7, 11) is -3.48. The maximum atomic E-state index is 12.8. The van der Waals surface area contributed by atoms with Crippen LogP contribution < -0.4 is 5.32 Å². The van der Waals surface area contributed by atoms with E-state index < -0.39 is 22.0 Å². The minimum atomic E-state index is -3.48. The third-order valence-corrected chi connectivity index (χ3v) is 6.41. The first-order valence-electron chi connectivity index (χ1n) is 8.87. The van der Waals surface area contributed by atoms with Gasteiger partial charge in [0.05, 0.1) is 6.26 Å². The molecule has 1 atom stereocenters. The van der Waals surface area contributed by atoms with Crippen molar-refractivity contribution in [2.24, 2.45) is 0 Å². The van der Waals surface area contributed by atoms with Gasteiger partial charge >= 0.3 is 0 Å².